The molecule has 1 aromatic carbocycles. The molecule has 0 aliphatic rings. The first-order chi connectivity index (χ1) is 6.56. The number of rotatable bonds is 3. The average Bonchev–Trinajstić information content (AvgIpc) is 2.09. The molecular formula is C11H17NO2. The van der Waals surface area contributed by atoms with Crippen molar-refractivity contribution in [3.05, 3.63) is 28.8 Å². The molecule has 14 heavy (non-hydrogen) atoms. The van der Waals surface area contributed by atoms with Gasteiger partial charge in [-0.3, -0.25) is 4.84 Å². The van der Waals surface area contributed by atoms with Gasteiger partial charge in [0.2, 0.25) is 0 Å². The van der Waals surface area contributed by atoms with E-state index >= 15 is 0 Å². The van der Waals surface area contributed by atoms with Crippen LogP contribution in [0, 0.1) is 6.92 Å². The van der Waals surface area contributed by atoms with Crippen LogP contribution in [-0.4, -0.2) is 5.11 Å². The molecule has 0 saturated carbocycles. The standard InChI is InChI=1S/C11H17NO2/c1-7(2)10-5-9(6-14-12)11(13)4-8(10)3/h4-5,7,13H,6,12H2,1-3H3. The first-order valence-corrected chi connectivity index (χ1v) is 4.70. The zero-order chi connectivity index (χ0) is 10.7. The van der Waals surface area contributed by atoms with Crippen LogP contribution in [0.1, 0.15) is 36.5 Å². The number of phenolic OH excluding ortho intramolecular Hbond substituents is 1. The highest BCUT2D eigenvalue weighted by Crippen LogP contribution is 2.27. The molecule has 3 nitrogen and oxygen atoms in total. The zero-order valence-corrected chi connectivity index (χ0v) is 8.87. The lowest BCUT2D eigenvalue weighted by Gasteiger charge is -2.13. The van der Waals surface area contributed by atoms with Crippen LogP contribution in [0.5, 0.6) is 5.75 Å². The lowest BCUT2D eigenvalue weighted by Crippen LogP contribution is -2.01. The van der Waals surface area contributed by atoms with Gasteiger partial charge in [-0.05, 0) is 36.1 Å². The molecule has 0 fully saturated rings. The van der Waals surface area contributed by atoms with Gasteiger partial charge >= 0.3 is 0 Å². The second-order valence-electron chi connectivity index (χ2n) is 3.80. The topological polar surface area (TPSA) is 55.5 Å². The fourth-order valence-corrected chi connectivity index (χ4v) is 1.58. The molecule has 0 aromatic heterocycles. The first-order valence-electron chi connectivity index (χ1n) is 4.70. The van der Waals surface area contributed by atoms with Crippen molar-refractivity contribution in [3.63, 3.8) is 0 Å². The van der Waals surface area contributed by atoms with E-state index in [0.717, 1.165) is 11.1 Å². The van der Waals surface area contributed by atoms with Gasteiger partial charge in [0, 0.05) is 5.56 Å². The van der Waals surface area contributed by atoms with E-state index in [9.17, 15) is 5.11 Å². The maximum Gasteiger partial charge on any atom is 0.121 e. The minimum absolute atomic E-state index is 0.242. The molecule has 0 aliphatic heterocycles. The Labute approximate surface area is 84.5 Å². The molecule has 3 heteroatoms. The molecule has 0 unspecified atom stereocenters. The molecule has 0 atom stereocenters. The van der Waals surface area contributed by atoms with Crippen LogP contribution in [0.25, 0.3) is 0 Å². The molecule has 0 spiro atoms. The summed E-state index contributed by atoms with van der Waals surface area (Å²) in [5, 5.41) is 9.59. The van der Waals surface area contributed by atoms with Crippen LogP contribution in [0.2, 0.25) is 0 Å². The lowest BCUT2D eigenvalue weighted by atomic mass is 9.95. The molecule has 0 radical (unpaired) electrons. The van der Waals surface area contributed by atoms with Gasteiger partial charge in [-0.1, -0.05) is 13.8 Å². The smallest absolute Gasteiger partial charge is 0.121 e. The number of aryl methyl sites for hydroxylation is 1. The maximum absolute atomic E-state index is 9.59. The maximum atomic E-state index is 9.59. The number of benzene rings is 1. The monoisotopic (exact) mass is 195 g/mol. The van der Waals surface area contributed by atoms with Crippen molar-refractivity contribution >= 4 is 0 Å². The van der Waals surface area contributed by atoms with Crippen molar-refractivity contribution in [2.45, 2.75) is 33.3 Å². The quantitative estimate of drug-likeness (QED) is 0.727. The summed E-state index contributed by atoms with van der Waals surface area (Å²) in [5.74, 6) is 5.67. The Kier molecular flexibility index (Phi) is 3.49. The van der Waals surface area contributed by atoms with Crippen LogP contribution < -0.4 is 5.90 Å². The van der Waals surface area contributed by atoms with Crippen molar-refractivity contribution in [2.75, 3.05) is 0 Å². The highest BCUT2D eigenvalue weighted by Gasteiger charge is 2.09. The summed E-state index contributed by atoms with van der Waals surface area (Å²) in [5.41, 5.74) is 3.05. The summed E-state index contributed by atoms with van der Waals surface area (Å²) in [7, 11) is 0. The van der Waals surface area contributed by atoms with Crippen LogP contribution in [0.3, 0.4) is 0 Å². The van der Waals surface area contributed by atoms with Crippen LogP contribution in [0.15, 0.2) is 12.1 Å². The van der Waals surface area contributed by atoms with Crippen LogP contribution >= 0.6 is 0 Å². The van der Waals surface area contributed by atoms with Crippen molar-refractivity contribution in [1.82, 2.24) is 0 Å². The van der Waals surface area contributed by atoms with Gasteiger partial charge in [-0.2, -0.15) is 0 Å². The van der Waals surface area contributed by atoms with Crippen molar-refractivity contribution in [2.24, 2.45) is 5.90 Å². The van der Waals surface area contributed by atoms with E-state index < -0.39 is 0 Å². The van der Waals surface area contributed by atoms with Crippen molar-refractivity contribution in [1.29, 1.82) is 0 Å². The van der Waals surface area contributed by atoms with E-state index in [-0.39, 0.29) is 12.4 Å². The van der Waals surface area contributed by atoms with Crippen LogP contribution in [0.4, 0.5) is 0 Å². The second kappa shape index (κ2) is 4.44. The van der Waals surface area contributed by atoms with Crippen LogP contribution in [-0.2, 0) is 11.4 Å². The molecule has 1 aromatic rings. The van der Waals surface area contributed by atoms with E-state index in [1.807, 2.05) is 13.0 Å². The average molecular weight is 195 g/mol. The molecular weight excluding hydrogens is 178 g/mol. The lowest BCUT2D eigenvalue weighted by molar-refractivity contribution is 0.122. The SMILES string of the molecule is Cc1cc(O)c(CON)cc1C(C)C. The van der Waals surface area contributed by atoms with E-state index in [1.54, 1.807) is 6.07 Å². The summed E-state index contributed by atoms with van der Waals surface area (Å²) in [4.78, 5) is 4.52. The number of hydrogen-bond acceptors (Lipinski definition) is 3. The predicted molar refractivity (Wildman–Crippen MR) is 55.9 cm³/mol. The summed E-state index contributed by atoms with van der Waals surface area (Å²) in [6.45, 7) is 6.47. The summed E-state index contributed by atoms with van der Waals surface area (Å²) in [6, 6.07) is 3.70. The minimum Gasteiger partial charge on any atom is -0.508 e. The fraction of sp³-hybridized carbons (Fsp3) is 0.455. The third kappa shape index (κ3) is 2.25. The molecule has 78 valence electrons. The highest BCUT2D eigenvalue weighted by atomic mass is 16.6. The molecule has 1 rings (SSSR count). The Bertz CT molecular complexity index is 321. The summed E-state index contributed by atoms with van der Waals surface area (Å²) < 4.78 is 0. The Morgan fingerprint density at radius 3 is 2.57 bits per heavy atom. The third-order valence-corrected chi connectivity index (χ3v) is 2.33. The number of hydrogen-bond donors (Lipinski definition) is 2. The van der Waals surface area contributed by atoms with Crippen molar-refractivity contribution in [3.8, 4) is 5.75 Å². The van der Waals surface area contributed by atoms with Gasteiger partial charge < -0.3 is 5.11 Å². The molecule has 0 bridgehead atoms. The zero-order valence-electron chi connectivity index (χ0n) is 8.87. The number of phenols is 1. The van der Waals surface area contributed by atoms with E-state index in [2.05, 4.69) is 18.7 Å². The van der Waals surface area contributed by atoms with Gasteiger partial charge in [0.05, 0.1) is 6.61 Å². The summed E-state index contributed by atoms with van der Waals surface area (Å²) in [6.07, 6.45) is 0. The van der Waals surface area contributed by atoms with Gasteiger partial charge in [-0.25, -0.2) is 5.90 Å². The van der Waals surface area contributed by atoms with Gasteiger partial charge in [0.1, 0.15) is 5.75 Å². The second-order valence-corrected chi connectivity index (χ2v) is 3.80. The molecule has 0 aliphatic carbocycles. The van der Waals surface area contributed by atoms with Gasteiger partial charge in [0.15, 0.2) is 0 Å². The predicted octanol–water partition coefficient (Wildman–Crippen LogP) is 2.21. The molecule has 3 N–H and O–H groups in total. The Morgan fingerprint density at radius 2 is 2.07 bits per heavy atom. The highest BCUT2D eigenvalue weighted by molar-refractivity contribution is 5.42. The number of nitrogens with two attached hydrogens (primary N) is 1. The Hall–Kier alpha value is -1.06. The molecule has 0 saturated heterocycles. The fourth-order valence-electron chi connectivity index (χ4n) is 1.58. The minimum atomic E-state index is 0.242. The van der Waals surface area contributed by atoms with Gasteiger partial charge in [-0.15, -0.1) is 0 Å². The Balaban J connectivity index is 3.13. The number of aromatic hydroxyl groups is 1. The van der Waals surface area contributed by atoms with E-state index in [0.29, 0.717) is 5.92 Å². The first kappa shape index (κ1) is 11.0. The van der Waals surface area contributed by atoms with Gasteiger partial charge in [0.25, 0.3) is 0 Å². The van der Waals surface area contributed by atoms with Crippen molar-refractivity contribution < 1.29 is 9.94 Å². The van der Waals surface area contributed by atoms with E-state index in [1.165, 1.54) is 5.56 Å². The third-order valence-electron chi connectivity index (χ3n) is 2.33. The normalized spacial score (nSPS) is 10.9. The molecule has 0 heterocycles. The summed E-state index contributed by atoms with van der Waals surface area (Å²) >= 11 is 0. The largest absolute Gasteiger partial charge is 0.508 e. The van der Waals surface area contributed by atoms with E-state index in [4.69, 9.17) is 5.90 Å². The Morgan fingerprint density at radius 1 is 1.43 bits per heavy atom. The molecule has 0 amide bonds.